The van der Waals surface area contributed by atoms with Gasteiger partial charge in [-0.2, -0.15) is 0 Å². The third kappa shape index (κ3) is 2.32. The van der Waals surface area contributed by atoms with Crippen LogP contribution in [-0.4, -0.2) is 11.1 Å². The molecule has 0 bridgehead atoms. The summed E-state index contributed by atoms with van der Waals surface area (Å²) in [6.07, 6.45) is 3.60. The summed E-state index contributed by atoms with van der Waals surface area (Å²) in [5.41, 5.74) is 4.51. The molecule has 1 fully saturated rings. The van der Waals surface area contributed by atoms with Crippen LogP contribution in [0, 0.1) is 19.8 Å². The molecule has 0 unspecified atom stereocenters. The van der Waals surface area contributed by atoms with Crippen molar-refractivity contribution in [1.29, 1.82) is 0 Å². The van der Waals surface area contributed by atoms with Crippen molar-refractivity contribution >= 4 is 11.5 Å². The van der Waals surface area contributed by atoms with Gasteiger partial charge in [0.25, 0.3) is 0 Å². The van der Waals surface area contributed by atoms with Crippen LogP contribution in [-0.2, 0) is 4.79 Å². The zero-order valence-electron chi connectivity index (χ0n) is 9.66. The highest BCUT2D eigenvalue weighted by molar-refractivity contribution is 5.91. The van der Waals surface area contributed by atoms with Gasteiger partial charge in [-0.1, -0.05) is 18.2 Å². The number of aryl methyl sites for hydroxylation is 2. The summed E-state index contributed by atoms with van der Waals surface area (Å²) in [4.78, 5) is 10.8. The molecule has 1 aliphatic carbocycles. The Morgan fingerprint density at radius 3 is 2.50 bits per heavy atom. The van der Waals surface area contributed by atoms with E-state index in [0.29, 0.717) is 5.92 Å². The third-order valence-electron chi connectivity index (χ3n) is 3.14. The van der Waals surface area contributed by atoms with Gasteiger partial charge in [0.05, 0.1) is 0 Å². The molecule has 2 heteroatoms. The molecule has 1 aromatic rings. The predicted octanol–water partition coefficient (Wildman–Crippen LogP) is 3.18. The molecule has 1 aliphatic rings. The van der Waals surface area contributed by atoms with Gasteiger partial charge in [-0.15, -0.1) is 0 Å². The lowest BCUT2D eigenvalue weighted by molar-refractivity contribution is -0.131. The number of allylic oxidation sites excluding steroid dienone is 1. The summed E-state index contributed by atoms with van der Waals surface area (Å²) < 4.78 is 0. The maximum Gasteiger partial charge on any atom is 0.328 e. The molecule has 0 saturated heterocycles. The second-order valence-electron chi connectivity index (χ2n) is 4.51. The van der Waals surface area contributed by atoms with Gasteiger partial charge in [-0.25, -0.2) is 4.79 Å². The molecule has 1 saturated carbocycles. The van der Waals surface area contributed by atoms with Crippen molar-refractivity contribution in [3.63, 3.8) is 0 Å². The molecular weight excluding hydrogens is 200 g/mol. The molecule has 0 aromatic heterocycles. The predicted molar refractivity (Wildman–Crippen MR) is 64.3 cm³/mol. The molecule has 1 aromatic carbocycles. The van der Waals surface area contributed by atoms with E-state index in [4.69, 9.17) is 5.11 Å². The van der Waals surface area contributed by atoms with Crippen LogP contribution in [0.4, 0.5) is 0 Å². The highest BCUT2D eigenvalue weighted by atomic mass is 16.4. The van der Waals surface area contributed by atoms with Gasteiger partial charge in [0, 0.05) is 6.08 Å². The van der Waals surface area contributed by atoms with Crippen molar-refractivity contribution in [3.05, 3.63) is 41.0 Å². The number of aliphatic carboxylic acids is 1. The largest absolute Gasteiger partial charge is 0.478 e. The summed E-state index contributed by atoms with van der Waals surface area (Å²) in [5.74, 6) is -0.390. The maximum atomic E-state index is 10.8. The summed E-state index contributed by atoms with van der Waals surface area (Å²) in [5, 5.41) is 8.87. The molecule has 84 valence electrons. The topological polar surface area (TPSA) is 37.3 Å². The van der Waals surface area contributed by atoms with Crippen LogP contribution < -0.4 is 0 Å². The molecule has 0 radical (unpaired) electrons. The Labute approximate surface area is 95.6 Å². The van der Waals surface area contributed by atoms with Gasteiger partial charge in [-0.05, 0) is 54.9 Å². The Bertz CT molecular complexity index is 454. The Balaban J connectivity index is 2.39. The fraction of sp³-hybridized carbons (Fsp3) is 0.357. The quantitative estimate of drug-likeness (QED) is 0.788. The fourth-order valence-corrected chi connectivity index (χ4v) is 1.89. The average Bonchev–Trinajstić information content (AvgIpc) is 3.02. The van der Waals surface area contributed by atoms with E-state index in [9.17, 15) is 4.79 Å². The number of benzene rings is 1. The van der Waals surface area contributed by atoms with Gasteiger partial charge < -0.3 is 5.11 Å². The number of hydrogen-bond donors (Lipinski definition) is 1. The number of hydrogen-bond acceptors (Lipinski definition) is 1. The first-order valence-corrected chi connectivity index (χ1v) is 5.60. The van der Waals surface area contributed by atoms with E-state index in [0.717, 1.165) is 24.0 Å². The van der Waals surface area contributed by atoms with E-state index in [1.807, 2.05) is 6.07 Å². The van der Waals surface area contributed by atoms with E-state index < -0.39 is 5.97 Å². The fourth-order valence-electron chi connectivity index (χ4n) is 1.89. The second-order valence-corrected chi connectivity index (χ2v) is 4.51. The van der Waals surface area contributed by atoms with Crippen LogP contribution >= 0.6 is 0 Å². The lowest BCUT2D eigenvalue weighted by Gasteiger charge is -2.08. The lowest BCUT2D eigenvalue weighted by atomic mass is 9.97. The highest BCUT2D eigenvalue weighted by Crippen LogP contribution is 2.42. The van der Waals surface area contributed by atoms with Crippen molar-refractivity contribution < 1.29 is 9.90 Å². The molecule has 16 heavy (non-hydrogen) atoms. The molecule has 1 N–H and O–H groups in total. The first kappa shape index (κ1) is 10.9. The van der Waals surface area contributed by atoms with E-state index >= 15 is 0 Å². The molecule has 0 amide bonds. The zero-order valence-corrected chi connectivity index (χ0v) is 9.66. The smallest absolute Gasteiger partial charge is 0.328 e. The summed E-state index contributed by atoms with van der Waals surface area (Å²) in [6, 6.07) is 6.17. The van der Waals surface area contributed by atoms with Gasteiger partial charge >= 0.3 is 5.97 Å². The van der Waals surface area contributed by atoms with Crippen LogP contribution in [0.5, 0.6) is 0 Å². The van der Waals surface area contributed by atoms with Crippen LogP contribution in [0.1, 0.15) is 29.5 Å². The van der Waals surface area contributed by atoms with E-state index in [-0.39, 0.29) is 0 Å². The van der Waals surface area contributed by atoms with Crippen molar-refractivity contribution in [2.75, 3.05) is 0 Å². The monoisotopic (exact) mass is 216 g/mol. The normalized spacial score (nSPS) is 16.2. The SMILES string of the molecule is Cc1ccc(C(=CC(=O)O)C2CC2)cc1C. The average molecular weight is 216 g/mol. The van der Waals surface area contributed by atoms with Crippen LogP contribution in [0.2, 0.25) is 0 Å². The number of carboxylic acid groups (broad SMARTS) is 1. The molecular formula is C14H16O2. The van der Waals surface area contributed by atoms with Crippen molar-refractivity contribution in [1.82, 2.24) is 0 Å². The Hall–Kier alpha value is -1.57. The molecule has 0 heterocycles. The maximum absolute atomic E-state index is 10.8. The second kappa shape index (κ2) is 4.12. The molecule has 0 aliphatic heterocycles. The van der Waals surface area contributed by atoms with Crippen LogP contribution in [0.25, 0.3) is 5.57 Å². The van der Waals surface area contributed by atoms with E-state index in [1.165, 1.54) is 17.2 Å². The third-order valence-corrected chi connectivity index (χ3v) is 3.14. The summed E-state index contributed by atoms with van der Waals surface area (Å²) in [6.45, 7) is 4.13. The molecule has 0 atom stereocenters. The van der Waals surface area contributed by atoms with E-state index in [1.54, 1.807) is 0 Å². The number of carboxylic acids is 1. The van der Waals surface area contributed by atoms with Crippen LogP contribution in [0.15, 0.2) is 24.3 Å². The first-order chi connectivity index (χ1) is 7.58. The highest BCUT2D eigenvalue weighted by Gasteiger charge is 2.27. The molecule has 0 spiro atoms. The zero-order chi connectivity index (χ0) is 11.7. The molecule has 2 nitrogen and oxygen atoms in total. The minimum atomic E-state index is -0.847. The summed E-state index contributed by atoms with van der Waals surface area (Å²) >= 11 is 0. The summed E-state index contributed by atoms with van der Waals surface area (Å²) in [7, 11) is 0. The first-order valence-electron chi connectivity index (χ1n) is 5.60. The Morgan fingerprint density at radius 2 is 2.00 bits per heavy atom. The van der Waals surface area contributed by atoms with Gasteiger partial charge in [0.15, 0.2) is 0 Å². The van der Waals surface area contributed by atoms with Crippen molar-refractivity contribution in [2.45, 2.75) is 26.7 Å². The minimum absolute atomic E-state index is 0.457. The van der Waals surface area contributed by atoms with Gasteiger partial charge in [-0.3, -0.25) is 0 Å². The number of carbonyl (C=O) groups is 1. The van der Waals surface area contributed by atoms with E-state index in [2.05, 4.69) is 26.0 Å². The standard InChI is InChI=1S/C14H16O2/c1-9-3-4-12(7-10(9)2)13(8-14(15)16)11-5-6-11/h3-4,7-8,11H,5-6H2,1-2H3,(H,15,16). The van der Waals surface area contributed by atoms with Crippen molar-refractivity contribution in [2.24, 2.45) is 5.92 Å². The van der Waals surface area contributed by atoms with Crippen molar-refractivity contribution in [3.8, 4) is 0 Å². The minimum Gasteiger partial charge on any atom is -0.478 e. The molecule has 2 rings (SSSR count). The Kier molecular flexibility index (Phi) is 2.82. The van der Waals surface area contributed by atoms with Gasteiger partial charge in [0.2, 0.25) is 0 Å². The number of rotatable bonds is 3. The Morgan fingerprint density at radius 1 is 1.31 bits per heavy atom. The van der Waals surface area contributed by atoms with Gasteiger partial charge in [0.1, 0.15) is 0 Å². The van der Waals surface area contributed by atoms with Crippen LogP contribution in [0.3, 0.4) is 0 Å². The lowest BCUT2D eigenvalue weighted by Crippen LogP contribution is -1.95.